The number of hydrogen-bond donors (Lipinski definition) is 0. The molecule has 0 N–H and O–H groups in total. The number of rotatable bonds is 5. The van der Waals surface area contributed by atoms with Crippen molar-refractivity contribution in [3.05, 3.63) is 48.1 Å². The molecule has 0 atom stereocenters. The van der Waals surface area contributed by atoms with Crippen molar-refractivity contribution < 1.29 is 8.78 Å². The van der Waals surface area contributed by atoms with E-state index in [4.69, 9.17) is 0 Å². The molecule has 1 aromatic rings. The van der Waals surface area contributed by atoms with Gasteiger partial charge in [0.2, 0.25) is 0 Å². The summed E-state index contributed by atoms with van der Waals surface area (Å²) in [5.74, 6) is 0. The fourth-order valence-corrected chi connectivity index (χ4v) is 1.33. The second-order valence-corrected chi connectivity index (χ2v) is 3.23. The third-order valence-corrected chi connectivity index (χ3v) is 2.06. The Hall–Kier alpha value is -1.18. The maximum Gasteiger partial charge on any atom is 0.266 e. The first-order chi connectivity index (χ1) is 6.79. The third-order valence-electron chi connectivity index (χ3n) is 2.06. The molecule has 0 aliphatic rings. The van der Waals surface area contributed by atoms with Crippen LogP contribution < -0.4 is 0 Å². The zero-order valence-electron chi connectivity index (χ0n) is 8.05. The summed E-state index contributed by atoms with van der Waals surface area (Å²) in [5.41, 5.74) is 1.28. The summed E-state index contributed by atoms with van der Waals surface area (Å²) >= 11 is 0. The Morgan fingerprint density at radius 1 is 1.07 bits per heavy atom. The molecule has 0 saturated carbocycles. The third kappa shape index (κ3) is 4.75. The standard InChI is InChI=1S/C12H14F2/c13-12(14)10-6-2-5-9-11-7-3-1-4-8-11/h1,3-4,7-8,10H,2,5-6,9H2. The van der Waals surface area contributed by atoms with Gasteiger partial charge >= 0.3 is 0 Å². The van der Waals surface area contributed by atoms with E-state index in [2.05, 4.69) is 12.1 Å². The Bertz CT molecular complexity index is 274. The van der Waals surface area contributed by atoms with Gasteiger partial charge in [-0.25, -0.2) is 0 Å². The minimum atomic E-state index is -1.57. The first-order valence-corrected chi connectivity index (χ1v) is 4.84. The van der Waals surface area contributed by atoms with Crippen molar-refractivity contribution in [3.63, 3.8) is 0 Å². The van der Waals surface area contributed by atoms with E-state index in [0.717, 1.165) is 25.3 Å². The number of unbranched alkanes of at least 4 members (excludes halogenated alkanes) is 2. The normalized spacial score (nSPS) is 9.86. The van der Waals surface area contributed by atoms with Crippen LogP contribution in [0.1, 0.15) is 24.8 Å². The van der Waals surface area contributed by atoms with Crippen molar-refractivity contribution in [2.75, 3.05) is 0 Å². The highest BCUT2D eigenvalue weighted by atomic mass is 19.3. The van der Waals surface area contributed by atoms with E-state index in [1.807, 2.05) is 18.2 Å². The van der Waals surface area contributed by atoms with Gasteiger partial charge in [0.15, 0.2) is 0 Å². The molecule has 1 rings (SSSR count). The molecule has 0 heterocycles. The monoisotopic (exact) mass is 196 g/mol. The van der Waals surface area contributed by atoms with E-state index in [1.165, 1.54) is 5.56 Å². The summed E-state index contributed by atoms with van der Waals surface area (Å²) in [6, 6.07) is 10.1. The molecule has 0 spiro atoms. The molecule has 0 radical (unpaired) electrons. The summed E-state index contributed by atoms with van der Waals surface area (Å²) in [5, 5.41) is 0. The van der Waals surface area contributed by atoms with E-state index >= 15 is 0 Å². The highest BCUT2D eigenvalue weighted by molar-refractivity contribution is 5.14. The van der Waals surface area contributed by atoms with Crippen molar-refractivity contribution in [1.82, 2.24) is 0 Å². The van der Waals surface area contributed by atoms with Crippen LogP contribution in [0.5, 0.6) is 0 Å². The predicted molar refractivity (Wildman–Crippen MR) is 54.3 cm³/mol. The summed E-state index contributed by atoms with van der Waals surface area (Å²) in [7, 11) is 0. The van der Waals surface area contributed by atoms with Crippen LogP contribution in [-0.2, 0) is 6.42 Å². The summed E-state index contributed by atoms with van der Waals surface area (Å²) in [6.07, 6.45) is 2.67. The van der Waals surface area contributed by atoms with Crippen LogP contribution in [0.3, 0.4) is 0 Å². The lowest BCUT2D eigenvalue weighted by Gasteiger charge is -1.98. The molecule has 0 aliphatic carbocycles. The van der Waals surface area contributed by atoms with Crippen LogP contribution in [0.2, 0.25) is 0 Å². The molecule has 0 saturated heterocycles. The molecule has 0 unspecified atom stereocenters. The van der Waals surface area contributed by atoms with Crippen molar-refractivity contribution in [2.45, 2.75) is 25.7 Å². The zero-order chi connectivity index (χ0) is 10.2. The number of allylic oxidation sites excluding steroid dienone is 1. The predicted octanol–water partition coefficient (Wildman–Crippen LogP) is 4.18. The van der Waals surface area contributed by atoms with Crippen molar-refractivity contribution in [1.29, 1.82) is 0 Å². The topological polar surface area (TPSA) is 0 Å². The Morgan fingerprint density at radius 2 is 1.79 bits per heavy atom. The molecule has 76 valence electrons. The summed E-state index contributed by atoms with van der Waals surface area (Å²) < 4.78 is 23.3. The molecule has 14 heavy (non-hydrogen) atoms. The minimum Gasteiger partial charge on any atom is -0.174 e. The SMILES string of the molecule is FC(F)=CCCCCc1ccccc1. The number of halogens is 2. The molecule has 0 fully saturated rings. The van der Waals surface area contributed by atoms with Crippen LogP contribution in [0.15, 0.2) is 42.5 Å². The number of benzene rings is 1. The molecule has 0 amide bonds. The lowest BCUT2D eigenvalue weighted by atomic mass is 10.1. The van der Waals surface area contributed by atoms with Gasteiger partial charge in [-0.2, -0.15) is 8.78 Å². The molecular weight excluding hydrogens is 182 g/mol. The fraction of sp³-hybridized carbons (Fsp3) is 0.333. The smallest absolute Gasteiger partial charge is 0.174 e. The molecule has 0 aromatic heterocycles. The second-order valence-electron chi connectivity index (χ2n) is 3.23. The molecule has 0 aliphatic heterocycles. The quantitative estimate of drug-likeness (QED) is 0.620. The Morgan fingerprint density at radius 3 is 2.43 bits per heavy atom. The average molecular weight is 196 g/mol. The van der Waals surface area contributed by atoms with Crippen molar-refractivity contribution in [3.8, 4) is 0 Å². The van der Waals surface area contributed by atoms with Crippen LogP contribution in [0, 0.1) is 0 Å². The van der Waals surface area contributed by atoms with Gasteiger partial charge < -0.3 is 0 Å². The summed E-state index contributed by atoms with van der Waals surface area (Å²) in [6.45, 7) is 0. The maximum atomic E-state index is 11.6. The van der Waals surface area contributed by atoms with E-state index in [1.54, 1.807) is 0 Å². The van der Waals surface area contributed by atoms with Crippen LogP contribution >= 0.6 is 0 Å². The lowest BCUT2D eigenvalue weighted by Crippen LogP contribution is -1.84. The Balaban J connectivity index is 2.14. The highest BCUT2D eigenvalue weighted by Gasteiger charge is 1.92. The van der Waals surface area contributed by atoms with Gasteiger partial charge in [0.1, 0.15) is 0 Å². The Kier molecular flexibility index (Phi) is 4.90. The van der Waals surface area contributed by atoms with Crippen LogP contribution in [-0.4, -0.2) is 0 Å². The van der Waals surface area contributed by atoms with Crippen LogP contribution in [0.25, 0.3) is 0 Å². The Labute approximate surface area is 83.3 Å². The maximum absolute atomic E-state index is 11.6. The minimum absolute atomic E-state index is 0.481. The van der Waals surface area contributed by atoms with E-state index in [-0.39, 0.29) is 0 Å². The van der Waals surface area contributed by atoms with E-state index in [0.29, 0.717) is 6.42 Å². The molecule has 2 heteroatoms. The first kappa shape index (κ1) is 10.9. The van der Waals surface area contributed by atoms with Gasteiger partial charge in [-0.1, -0.05) is 30.3 Å². The lowest BCUT2D eigenvalue weighted by molar-refractivity contribution is 0.416. The van der Waals surface area contributed by atoms with E-state index < -0.39 is 6.08 Å². The van der Waals surface area contributed by atoms with Gasteiger partial charge in [-0.15, -0.1) is 0 Å². The van der Waals surface area contributed by atoms with E-state index in [9.17, 15) is 8.78 Å². The molecule has 0 nitrogen and oxygen atoms in total. The molecule has 0 bridgehead atoms. The first-order valence-electron chi connectivity index (χ1n) is 4.84. The van der Waals surface area contributed by atoms with Crippen molar-refractivity contribution in [2.24, 2.45) is 0 Å². The van der Waals surface area contributed by atoms with Crippen LogP contribution in [0.4, 0.5) is 8.78 Å². The van der Waals surface area contributed by atoms with Gasteiger partial charge in [0.25, 0.3) is 6.08 Å². The second kappa shape index (κ2) is 6.30. The number of aryl methyl sites for hydroxylation is 1. The fourth-order valence-electron chi connectivity index (χ4n) is 1.33. The van der Waals surface area contributed by atoms with Gasteiger partial charge in [0.05, 0.1) is 0 Å². The zero-order valence-corrected chi connectivity index (χ0v) is 8.05. The van der Waals surface area contributed by atoms with Gasteiger partial charge in [-0.05, 0) is 37.3 Å². The summed E-state index contributed by atoms with van der Waals surface area (Å²) in [4.78, 5) is 0. The van der Waals surface area contributed by atoms with Gasteiger partial charge in [0, 0.05) is 0 Å². The molecular formula is C12H14F2. The van der Waals surface area contributed by atoms with Gasteiger partial charge in [-0.3, -0.25) is 0 Å². The average Bonchev–Trinajstić information content (AvgIpc) is 2.18. The largest absolute Gasteiger partial charge is 0.266 e. The molecule has 1 aromatic carbocycles. The number of hydrogen-bond acceptors (Lipinski definition) is 0. The highest BCUT2D eigenvalue weighted by Crippen LogP contribution is 2.08. The van der Waals surface area contributed by atoms with Crippen molar-refractivity contribution >= 4 is 0 Å².